The molecule has 1 atom stereocenters. The number of nitrogens with two attached hydrogens (primary N) is 1. The second-order valence-corrected chi connectivity index (χ2v) is 4.71. The van der Waals surface area contributed by atoms with Gasteiger partial charge in [0, 0.05) is 6.54 Å². The van der Waals surface area contributed by atoms with Gasteiger partial charge < -0.3 is 16.2 Å². The number of carboxylic acid groups (broad SMARTS) is 1. The van der Waals surface area contributed by atoms with E-state index in [9.17, 15) is 9.59 Å². The van der Waals surface area contributed by atoms with Crippen molar-refractivity contribution in [1.82, 2.24) is 10.2 Å². The number of nitrogens with zero attached hydrogens (tertiary/aromatic N) is 2. The minimum absolute atomic E-state index is 0.0718. The van der Waals surface area contributed by atoms with Crippen LogP contribution in [0.5, 0.6) is 0 Å². The van der Waals surface area contributed by atoms with Gasteiger partial charge in [-0.05, 0) is 24.5 Å². The number of rotatable bonds is 7. The molecule has 0 aromatic carbocycles. The molecule has 0 aliphatic carbocycles. The lowest BCUT2D eigenvalue weighted by Crippen LogP contribution is -2.25. The molecular weight excluding hydrogens is 248 g/mol. The van der Waals surface area contributed by atoms with Crippen molar-refractivity contribution < 1.29 is 14.7 Å². The standard InChI is InChI=1S/C12H18N4O3/c1-7(2)5-8(12(18)19)6-14-10-4-3-9(11(13)17)15-16-10/h3-4,7-8H,5-6H2,1-2H3,(H2,13,17)(H,14,16)(H,18,19). The first-order valence-corrected chi connectivity index (χ1v) is 6.00. The van der Waals surface area contributed by atoms with Crippen LogP contribution in [0.15, 0.2) is 12.1 Å². The van der Waals surface area contributed by atoms with Crippen molar-refractivity contribution in [1.29, 1.82) is 0 Å². The fourth-order valence-corrected chi connectivity index (χ4v) is 1.63. The van der Waals surface area contributed by atoms with Crippen LogP contribution in [0.2, 0.25) is 0 Å². The molecule has 0 spiro atoms. The minimum Gasteiger partial charge on any atom is -0.481 e. The van der Waals surface area contributed by atoms with Gasteiger partial charge in [-0.1, -0.05) is 13.8 Å². The van der Waals surface area contributed by atoms with Crippen molar-refractivity contribution in [3.63, 3.8) is 0 Å². The number of carbonyl (C=O) groups excluding carboxylic acids is 1. The van der Waals surface area contributed by atoms with E-state index in [4.69, 9.17) is 10.8 Å². The number of amides is 1. The maximum atomic E-state index is 11.1. The summed E-state index contributed by atoms with van der Waals surface area (Å²) in [5.74, 6) is -1.27. The number of aliphatic carboxylic acids is 1. The Bertz CT molecular complexity index is 445. The molecule has 7 nitrogen and oxygen atoms in total. The summed E-state index contributed by atoms with van der Waals surface area (Å²) in [6.07, 6.45) is 0.579. The van der Waals surface area contributed by atoms with Crippen molar-refractivity contribution in [3.05, 3.63) is 17.8 Å². The van der Waals surface area contributed by atoms with Crippen molar-refractivity contribution in [2.75, 3.05) is 11.9 Å². The molecule has 104 valence electrons. The summed E-state index contributed by atoms with van der Waals surface area (Å²) in [6.45, 7) is 4.20. The van der Waals surface area contributed by atoms with Gasteiger partial charge in [0.05, 0.1) is 5.92 Å². The van der Waals surface area contributed by atoms with Crippen LogP contribution >= 0.6 is 0 Å². The first kappa shape index (κ1) is 14.9. The Morgan fingerprint density at radius 2 is 2.05 bits per heavy atom. The first-order valence-electron chi connectivity index (χ1n) is 6.00. The number of aromatic nitrogens is 2. The van der Waals surface area contributed by atoms with Crippen LogP contribution in [0, 0.1) is 11.8 Å². The second kappa shape index (κ2) is 6.67. The van der Waals surface area contributed by atoms with Gasteiger partial charge in [-0.3, -0.25) is 9.59 Å². The van der Waals surface area contributed by atoms with Crippen LogP contribution in [0.1, 0.15) is 30.8 Å². The van der Waals surface area contributed by atoms with Gasteiger partial charge in [0.25, 0.3) is 5.91 Å². The Morgan fingerprint density at radius 1 is 1.37 bits per heavy atom. The summed E-state index contributed by atoms with van der Waals surface area (Å²) in [4.78, 5) is 21.9. The molecule has 1 aromatic heterocycles. The highest BCUT2D eigenvalue weighted by atomic mass is 16.4. The fourth-order valence-electron chi connectivity index (χ4n) is 1.63. The molecule has 1 heterocycles. The number of nitrogens with one attached hydrogen (secondary N) is 1. The average Bonchev–Trinajstić information content (AvgIpc) is 2.34. The zero-order chi connectivity index (χ0) is 14.4. The predicted molar refractivity (Wildman–Crippen MR) is 69.6 cm³/mol. The predicted octanol–water partition coefficient (Wildman–Crippen LogP) is 0.734. The van der Waals surface area contributed by atoms with Crippen LogP contribution < -0.4 is 11.1 Å². The van der Waals surface area contributed by atoms with Gasteiger partial charge in [0.2, 0.25) is 0 Å². The largest absolute Gasteiger partial charge is 0.481 e. The number of primary amides is 1. The third-order valence-corrected chi connectivity index (χ3v) is 2.55. The lowest BCUT2D eigenvalue weighted by atomic mass is 9.97. The van der Waals surface area contributed by atoms with Crippen molar-refractivity contribution >= 4 is 17.7 Å². The molecule has 0 bridgehead atoms. The topological polar surface area (TPSA) is 118 Å². The molecule has 0 saturated heterocycles. The second-order valence-electron chi connectivity index (χ2n) is 4.71. The highest BCUT2D eigenvalue weighted by Crippen LogP contribution is 2.13. The summed E-state index contributed by atoms with van der Waals surface area (Å²) in [5, 5.41) is 19.4. The van der Waals surface area contributed by atoms with E-state index in [0.29, 0.717) is 18.2 Å². The molecule has 19 heavy (non-hydrogen) atoms. The molecule has 7 heteroatoms. The number of anilines is 1. The molecule has 0 radical (unpaired) electrons. The smallest absolute Gasteiger partial charge is 0.308 e. The van der Waals surface area contributed by atoms with Crippen molar-refractivity contribution in [2.24, 2.45) is 17.6 Å². The molecule has 0 fully saturated rings. The van der Waals surface area contributed by atoms with E-state index in [1.165, 1.54) is 6.07 Å². The first-order chi connectivity index (χ1) is 8.90. The van der Waals surface area contributed by atoms with Gasteiger partial charge in [0.15, 0.2) is 5.69 Å². The monoisotopic (exact) mass is 266 g/mol. The quantitative estimate of drug-likeness (QED) is 0.669. The number of carboxylic acids is 1. The summed E-state index contributed by atoms with van der Waals surface area (Å²) in [5.41, 5.74) is 5.11. The van der Waals surface area contributed by atoms with Crippen LogP contribution in [-0.2, 0) is 4.79 Å². The Balaban J connectivity index is 2.59. The van der Waals surface area contributed by atoms with Gasteiger partial charge in [-0.25, -0.2) is 0 Å². The van der Waals surface area contributed by atoms with Gasteiger partial charge >= 0.3 is 5.97 Å². The van der Waals surface area contributed by atoms with E-state index < -0.39 is 17.8 Å². The van der Waals surface area contributed by atoms with Gasteiger partial charge in [-0.15, -0.1) is 10.2 Å². The zero-order valence-electron chi connectivity index (χ0n) is 11.0. The van der Waals surface area contributed by atoms with E-state index in [1.54, 1.807) is 6.07 Å². The maximum Gasteiger partial charge on any atom is 0.308 e. The van der Waals surface area contributed by atoms with Crippen molar-refractivity contribution in [3.8, 4) is 0 Å². The van der Waals surface area contributed by atoms with E-state index in [0.717, 1.165) is 0 Å². The van der Waals surface area contributed by atoms with Crippen LogP contribution in [0.4, 0.5) is 5.82 Å². The fraction of sp³-hybridized carbons (Fsp3) is 0.500. The summed E-state index contributed by atoms with van der Waals surface area (Å²) >= 11 is 0. The third-order valence-electron chi connectivity index (χ3n) is 2.55. The minimum atomic E-state index is -0.845. The Labute approximate surface area is 111 Å². The van der Waals surface area contributed by atoms with Gasteiger partial charge in [0.1, 0.15) is 5.82 Å². The summed E-state index contributed by atoms with van der Waals surface area (Å²) in [6, 6.07) is 2.98. The van der Waals surface area contributed by atoms with E-state index in [-0.39, 0.29) is 12.2 Å². The maximum absolute atomic E-state index is 11.1. The Hall–Kier alpha value is -2.18. The average molecular weight is 266 g/mol. The molecule has 0 aliphatic heterocycles. The van der Waals surface area contributed by atoms with E-state index in [2.05, 4.69) is 15.5 Å². The Morgan fingerprint density at radius 3 is 2.47 bits per heavy atom. The molecular formula is C12H18N4O3. The molecule has 0 saturated carbocycles. The molecule has 1 unspecified atom stereocenters. The SMILES string of the molecule is CC(C)CC(CNc1ccc(C(N)=O)nn1)C(=O)O. The van der Waals surface area contributed by atoms with E-state index >= 15 is 0 Å². The highest BCUT2D eigenvalue weighted by Gasteiger charge is 2.18. The lowest BCUT2D eigenvalue weighted by Gasteiger charge is -2.15. The third kappa shape index (κ3) is 4.90. The van der Waals surface area contributed by atoms with Crippen LogP contribution in [-0.4, -0.2) is 33.7 Å². The molecule has 1 aromatic rings. The molecule has 4 N–H and O–H groups in total. The van der Waals surface area contributed by atoms with Crippen LogP contribution in [0.3, 0.4) is 0 Å². The molecule has 1 amide bonds. The molecule has 0 aliphatic rings. The number of hydrogen-bond donors (Lipinski definition) is 3. The zero-order valence-corrected chi connectivity index (χ0v) is 11.0. The summed E-state index contributed by atoms with van der Waals surface area (Å²) in [7, 11) is 0. The van der Waals surface area contributed by atoms with Crippen molar-refractivity contribution in [2.45, 2.75) is 20.3 Å². The van der Waals surface area contributed by atoms with E-state index in [1.807, 2.05) is 13.8 Å². The number of carbonyl (C=O) groups is 2. The summed E-state index contributed by atoms with van der Waals surface area (Å²) < 4.78 is 0. The van der Waals surface area contributed by atoms with Gasteiger partial charge in [-0.2, -0.15) is 0 Å². The number of hydrogen-bond acceptors (Lipinski definition) is 5. The normalized spacial score (nSPS) is 12.2. The lowest BCUT2D eigenvalue weighted by molar-refractivity contribution is -0.141. The molecule has 1 rings (SSSR count). The Kier molecular flexibility index (Phi) is 5.23. The van der Waals surface area contributed by atoms with Crippen LogP contribution in [0.25, 0.3) is 0 Å². The highest BCUT2D eigenvalue weighted by molar-refractivity contribution is 5.90.